The summed E-state index contributed by atoms with van der Waals surface area (Å²) in [5.74, 6) is 1.26. The van der Waals surface area contributed by atoms with E-state index in [1.807, 2.05) is 13.0 Å². The second kappa shape index (κ2) is 4.34. The van der Waals surface area contributed by atoms with Crippen LogP contribution in [0.4, 0.5) is 5.82 Å². The standard InChI is InChI=1S/C13H18N4/c1-9-3-4-10(7-14)12(16-9)17-13(2,8-15)11-5-6-11/h3-4,11H,5-6,8,15H2,1-2H3,(H,16,17). The first kappa shape index (κ1) is 11.9. The van der Waals surface area contributed by atoms with Crippen molar-refractivity contribution in [1.29, 1.82) is 5.26 Å². The molecule has 0 spiro atoms. The van der Waals surface area contributed by atoms with E-state index in [1.54, 1.807) is 6.07 Å². The van der Waals surface area contributed by atoms with E-state index in [0.29, 0.717) is 23.8 Å². The van der Waals surface area contributed by atoms with Gasteiger partial charge in [0.1, 0.15) is 11.9 Å². The molecule has 0 aliphatic heterocycles. The lowest BCUT2D eigenvalue weighted by molar-refractivity contribution is 0.457. The second-order valence-corrected chi connectivity index (χ2v) is 4.98. The zero-order valence-electron chi connectivity index (χ0n) is 10.3. The molecule has 1 heterocycles. The molecule has 3 N–H and O–H groups in total. The Bertz CT molecular complexity index is 459. The van der Waals surface area contributed by atoms with Crippen molar-refractivity contribution in [2.75, 3.05) is 11.9 Å². The number of aromatic nitrogens is 1. The Morgan fingerprint density at radius 2 is 2.29 bits per heavy atom. The molecule has 1 unspecified atom stereocenters. The maximum atomic E-state index is 9.07. The number of aryl methyl sites for hydroxylation is 1. The summed E-state index contributed by atoms with van der Waals surface area (Å²) in [4.78, 5) is 4.40. The molecule has 4 nitrogen and oxygen atoms in total. The Morgan fingerprint density at radius 1 is 1.59 bits per heavy atom. The third kappa shape index (κ3) is 2.40. The Morgan fingerprint density at radius 3 is 2.82 bits per heavy atom. The fourth-order valence-electron chi connectivity index (χ4n) is 2.05. The Hall–Kier alpha value is -1.60. The van der Waals surface area contributed by atoms with E-state index < -0.39 is 0 Å². The summed E-state index contributed by atoms with van der Waals surface area (Å²) in [6.45, 7) is 4.58. The Kier molecular flexibility index (Phi) is 3.03. The van der Waals surface area contributed by atoms with E-state index in [0.717, 1.165) is 5.69 Å². The van der Waals surface area contributed by atoms with Gasteiger partial charge in [0.05, 0.1) is 11.1 Å². The third-order valence-electron chi connectivity index (χ3n) is 3.46. The zero-order valence-corrected chi connectivity index (χ0v) is 10.3. The molecule has 2 rings (SSSR count). The molecule has 0 amide bonds. The molecule has 1 aromatic heterocycles. The molecule has 1 aliphatic rings. The van der Waals surface area contributed by atoms with Gasteiger partial charge in [-0.25, -0.2) is 4.98 Å². The number of rotatable bonds is 4. The first-order valence-corrected chi connectivity index (χ1v) is 5.95. The van der Waals surface area contributed by atoms with Gasteiger partial charge >= 0.3 is 0 Å². The lowest BCUT2D eigenvalue weighted by Crippen LogP contribution is -2.45. The van der Waals surface area contributed by atoms with Gasteiger partial charge in [0.25, 0.3) is 0 Å². The molecule has 4 heteroatoms. The first-order valence-electron chi connectivity index (χ1n) is 5.95. The maximum absolute atomic E-state index is 9.07. The van der Waals surface area contributed by atoms with Crippen LogP contribution in [-0.4, -0.2) is 17.1 Å². The van der Waals surface area contributed by atoms with Gasteiger partial charge in [-0.2, -0.15) is 5.26 Å². The molecular formula is C13H18N4. The molecule has 90 valence electrons. The summed E-state index contributed by atoms with van der Waals surface area (Å²) in [7, 11) is 0. The molecule has 0 aromatic carbocycles. The van der Waals surface area contributed by atoms with Crippen molar-refractivity contribution in [1.82, 2.24) is 4.98 Å². The molecule has 1 fully saturated rings. The van der Waals surface area contributed by atoms with Crippen molar-refractivity contribution >= 4 is 5.82 Å². The number of nitrogens with one attached hydrogen (secondary N) is 1. The lowest BCUT2D eigenvalue weighted by Gasteiger charge is -2.30. The summed E-state index contributed by atoms with van der Waals surface area (Å²) in [6, 6.07) is 5.81. The van der Waals surface area contributed by atoms with E-state index in [-0.39, 0.29) is 5.54 Å². The topological polar surface area (TPSA) is 74.7 Å². The highest BCUT2D eigenvalue weighted by molar-refractivity contribution is 5.54. The number of nitrogens with two attached hydrogens (primary N) is 1. The van der Waals surface area contributed by atoms with E-state index in [1.165, 1.54) is 12.8 Å². The highest BCUT2D eigenvalue weighted by Crippen LogP contribution is 2.40. The van der Waals surface area contributed by atoms with Gasteiger partial charge in [0, 0.05) is 12.2 Å². The fraction of sp³-hybridized carbons (Fsp3) is 0.538. The van der Waals surface area contributed by atoms with Crippen LogP contribution in [0.5, 0.6) is 0 Å². The predicted octanol–water partition coefficient (Wildman–Crippen LogP) is 1.80. The molecule has 0 saturated heterocycles. The number of nitrogens with zero attached hydrogens (tertiary/aromatic N) is 2. The van der Waals surface area contributed by atoms with Crippen LogP contribution in [0.2, 0.25) is 0 Å². The SMILES string of the molecule is Cc1ccc(C#N)c(NC(C)(CN)C2CC2)n1. The molecule has 0 radical (unpaired) electrons. The van der Waals surface area contributed by atoms with Crippen molar-refractivity contribution in [3.8, 4) is 6.07 Å². The number of pyridine rings is 1. The van der Waals surface area contributed by atoms with E-state index in [2.05, 4.69) is 23.3 Å². The predicted molar refractivity (Wildman–Crippen MR) is 67.5 cm³/mol. The van der Waals surface area contributed by atoms with Gasteiger partial charge in [-0.1, -0.05) is 0 Å². The first-order chi connectivity index (χ1) is 8.09. The normalized spacial score (nSPS) is 18.2. The van der Waals surface area contributed by atoms with Crippen LogP contribution < -0.4 is 11.1 Å². The van der Waals surface area contributed by atoms with Crippen molar-refractivity contribution in [2.45, 2.75) is 32.2 Å². The van der Waals surface area contributed by atoms with Gasteiger partial charge < -0.3 is 11.1 Å². The molecule has 0 bridgehead atoms. The highest BCUT2D eigenvalue weighted by Gasteiger charge is 2.41. The number of hydrogen-bond acceptors (Lipinski definition) is 4. The minimum atomic E-state index is -0.146. The fourth-order valence-corrected chi connectivity index (χ4v) is 2.05. The summed E-state index contributed by atoms with van der Waals surface area (Å²) >= 11 is 0. The summed E-state index contributed by atoms with van der Waals surface area (Å²) in [5.41, 5.74) is 7.19. The Labute approximate surface area is 102 Å². The van der Waals surface area contributed by atoms with Crippen molar-refractivity contribution in [3.63, 3.8) is 0 Å². The third-order valence-corrected chi connectivity index (χ3v) is 3.46. The zero-order chi connectivity index (χ0) is 12.5. The van der Waals surface area contributed by atoms with Crippen LogP contribution in [0.25, 0.3) is 0 Å². The van der Waals surface area contributed by atoms with Crippen LogP contribution in [0.3, 0.4) is 0 Å². The van der Waals surface area contributed by atoms with Gasteiger partial charge in [0.2, 0.25) is 0 Å². The smallest absolute Gasteiger partial charge is 0.144 e. The van der Waals surface area contributed by atoms with Crippen LogP contribution in [-0.2, 0) is 0 Å². The van der Waals surface area contributed by atoms with Crippen molar-refractivity contribution in [3.05, 3.63) is 23.4 Å². The van der Waals surface area contributed by atoms with Crippen molar-refractivity contribution in [2.24, 2.45) is 11.7 Å². The van der Waals surface area contributed by atoms with Gasteiger partial charge in [-0.15, -0.1) is 0 Å². The number of nitriles is 1. The number of hydrogen-bond donors (Lipinski definition) is 2. The summed E-state index contributed by atoms with van der Waals surface area (Å²) < 4.78 is 0. The van der Waals surface area contributed by atoms with E-state index in [4.69, 9.17) is 11.0 Å². The van der Waals surface area contributed by atoms with E-state index >= 15 is 0 Å². The van der Waals surface area contributed by atoms with Gasteiger partial charge in [0.15, 0.2) is 0 Å². The van der Waals surface area contributed by atoms with Crippen LogP contribution >= 0.6 is 0 Å². The molecule has 1 aliphatic carbocycles. The van der Waals surface area contributed by atoms with Gasteiger partial charge in [-0.05, 0) is 44.7 Å². The average Bonchev–Trinajstić information content (AvgIpc) is 3.13. The summed E-state index contributed by atoms with van der Waals surface area (Å²) in [6.07, 6.45) is 2.41. The average molecular weight is 230 g/mol. The van der Waals surface area contributed by atoms with Crippen LogP contribution in [0.1, 0.15) is 31.0 Å². The maximum Gasteiger partial charge on any atom is 0.144 e. The largest absolute Gasteiger partial charge is 0.362 e. The van der Waals surface area contributed by atoms with Crippen molar-refractivity contribution < 1.29 is 0 Å². The molecule has 1 aromatic rings. The minimum Gasteiger partial charge on any atom is -0.362 e. The van der Waals surface area contributed by atoms with Crippen LogP contribution in [0.15, 0.2) is 12.1 Å². The molecular weight excluding hydrogens is 212 g/mol. The molecule has 17 heavy (non-hydrogen) atoms. The molecule has 1 saturated carbocycles. The van der Waals surface area contributed by atoms with Gasteiger partial charge in [-0.3, -0.25) is 0 Å². The second-order valence-electron chi connectivity index (χ2n) is 4.98. The monoisotopic (exact) mass is 230 g/mol. The Balaban J connectivity index is 2.28. The van der Waals surface area contributed by atoms with E-state index in [9.17, 15) is 0 Å². The van der Waals surface area contributed by atoms with Crippen LogP contribution in [0, 0.1) is 24.2 Å². The lowest BCUT2D eigenvalue weighted by atomic mass is 9.95. The highest BCUT2D eigenvalue weighted by atomic mass is 15.1. The number of anilines is 1. The molecule has 1 atom stereocenters. The summed E-state index contributed by atoms with van der Waals surface area (Å²) in [5, 5.41) is 12.4. The minimum absolute atomic E-state index is 0.146. The quantitative estimate of drug-likeness (QED) is 0.827.